The van der Waals surface area contributed by atoms with E-state index in [-0.39, 0.29) is 12.1 Å². The van der Waals surface area contributed by atoms with Gasteiger partial charge in [-0.15, -0.1) is 0 Å². The fraction of sp³-hybridized carbons (Fsp3) is 0.200. The van der Waals surface area contributed by atoms with Crippen LogP contribution in [0.3, 0.4) is 0 Å². The maximum atomic E-state index is 2.50. The molecule has 0 aliphatic carbocycles. The number of para-hydroxylation sites is 1. The van der Waals surface area contributed by atoms with Crippen molar-refractivity contribution in [1.82, 2.24) is 0 Å². The fourth-order valence-electron chi connectivity index (χ4n) is 9.54. The van der Waals surface area contributed by atoms with E-state index in [0.717, 1.165) is 0 Å². The third-order valence-corrected chi connectivity index (χ3v) is 11.5. The topological polar surface area (TPSA) is 3.24 Å². The van der Waals surface area contributed by atoms with Crippen LogP contribution < -0.4 is 21.3 Å². The normalized spacial score (nSPS) is 15.9. The van der Waals surface area contributed by atoms with Gasteiger partial charge in [-0.1, -0.05) is 158 Å². The van der Waals surface area contributed by atoms with Crippen molar-refractivity contribution in [2.45, 2.75) is 58.3 Å². The molecule has 3 aliphatic rings. The largest absolute Gasteiger partial charge is 0.310 e. The Hall–Kier alpha value is -4.82. The first-order valence-corrected chi connectivity index (χ1v) is 17.2. The van der Waals surface area contributed by atoms with E-state index in [4.69, 9.17) is 0 Å². The summed E-state index contributed by atoms with van der Waals surface area (Å²) in [6.07, 6.45) is 0. The lowest BCUT2D eigenvalue weighted by atomic mass is 9.26. The third-order valence-electron chi connectivity index (χ3n) is 11.5. The molecule has 0 atom stereocenters. The summed E-state index contributed by atoms with van der Waals surface area (Å²) in [5.41, 5.74) is 20.1. The SMILES string of the molecule is Cc1ccc2c(c1)C1(c3ccccc3B3c4c(C(C)C)cccc4C(C)(C)c4cccc1c43)c1cc(C)ccc1N2c1ccccc1. The van der Waals surface area contributed by atoms with Crippen molar-refractivity contribution in [3.05, 3.63) is 177 Å². The second-order valence-corrected chi connectivity index (χ2v) is 14.8. The summed E-state index contributed by atoms with van der Waals surface area (Å²) in [6.45, 7) is 14.3. The zero-order valence-electron chi connectivity index (χ0n) is 28.2. The molecule has 0 saturated carbocycles. The molecule has 0 unspecified atom stereocenters. The highest BCUT2D eigenvalue weighted by Crippen LogP contribution is 2.59. The van der Waals surface area contributed by atoms with E-state index >= 15 is 0 Å². The van der Waals surface area contributed by atoms with Gasteiger partial charge >= 0.3 is 0 Å². The molecule has 0 amide bonds. The lowest BCUT2D eigenvalue weighted by Crippen LogP contribution is -2.68. The molecule has 6 aromatic rings. The Morgan fingerprint density at radius 1 is 0.532 bits per heavy atom. The first kappa shape index (κ1) is 28.4. The standard InChI is InChI=1S/C45H40BN/c1-28(2)32-16-12-18-34-42(32)46-39-21-11-10-17-33(39)45(36-20-13-19-35(43(36)46)44(34,5)6)37-26-29(3)22-24-40(37)47(31-14-8-7-9-15-31)41-25-23-30(4)27-38(41)45/h7-28H,1-6H3. The minimum absolute atomic E-state index is 0.134. The number of rotatable bonds is 2. The number of nitrogens with zero attached hydrogens (tertiary/aromatic N) is 1. The number of benzene rings is 6. The van der Waals surface area contributed by atoms with Gasteiger partial charge in [0.15, 0.2) is 0 Å². The molecule has 0 N–H and O–H groups in total. The van der Waals surface area contributed by atoms with E-state index in [9.17, 15) is 0 Å². The van der Waals surface area contributed by atoms with Crippen LogP contribution in [0.15, 0.2) is 127 Å². The van der Waals surface area contributed by atoms with E-state index in [1.54, 1.807) is 0 Å². The summed E-state index contributed by atoms with van der Waals surface area (Å²) in [4.78, 5) is 2.50. The summed E-state index contributed by atoms with van der Waals surface area (Å²) in [5.74, 6) is 0.429. The lowest BCUT2D eigenvalue weighted by Gasteiger charge is -2.53. The average molecular weight is 606 g/mol. The van der Waals surface area contributed by atoms with Crippen molar-refractivity contribution >= 4 is 40.2 Å². The fourth-order valence-corrected chi connectivity index (χ4v) is 9.54. The molecule has 0 fully saturated rings. The summed E-state index contributed by atoms with van der Waals surface area (Å²) >= 11 is 0. The number of aryl methyl sites for hydroxylation is 2. The van der Waals surface area contributed by atoms with Gasteiger partial charge in [0.25, 0.3) is 0 Å². The second kappa shape index (κ2) is 9.85. The highest BCUT2D eigenvalue weighted by Gasteiger charge is 2.56. The van der Waals surface area contributed by atoms with Crippen LogP contribution in [-0.2, 0) is 10.8 Å². The van der Waals surface area contributed by atoms with Crippen LogP contribution in [0.4, 0.5) is 17.1 Å². The van der Waals surface area contributed by atoms with E-state index < -0.39 is 5.41 Å². The van der Waals surface area contributed by atoms with Gasteiger partial charge in [-0.3, -0.25) is 0 Å². The van der Waals surface area contributed by atoms with E-state index in [1.165, 1.54) is 83.5 Å². The van der Waals surface area contributed by atoms with Gasteiger partial charge in [-0.25, -0.2) is 0 Å². The van der Waals surface area contributed by atoms with Gasteiger partial charge in [0.05, 0.1) is 16.8 Å². The van der Waals surface area contributed by atoms with Gasteiger partial charge in [-0.2, -0.15) is 0 Å². The Labute approximate surface area is 280 Å². The van der Waals surface area contributed by atoms with Crippen LogP contribution in [0.1, 0.15) is 83.7 Å². The van der Waals surface area contributed by atoms with Crippen molar-refractivity contribution in [1.29, 1.82) is 0 Å². The first-order valence-electron chi connectivity index (χ1n) is 17.2. The smallest absolute Gasteiger partial charge is 0.243 e. The van der Waals surface area contributed by atoms with E-state index in [2.05, 4.69) is 174 Å². The average Bonchev–Trinajstić information content (AvgIpc) is 3.08. The Kier molecular flexibility index (Phi) is 5.95. The second-order valence-electron chi connectivity index (χ2n) is 14.8. The zero-order chi connectivity index (χ0) is 32.2. The van der Waals surface area contributed by atoms with E-state index in [1.807, 2.05) is 0 Å². The summed E-state index contributed by atoms with van der Waals surface area (Å²) in [7, 11) is 0. The van der Waals surface area contributed by atoms with Crippen LogP contribution in [0.2, 0.25) is 0 Å². The van der Waals surface area contributed by atoms with Crippen molar-refractivity contribution < 1.29 is 0 Å². The molecule has 3 aliphatic heterocycles. The molecule has 2 heteroatoms. The Morgan fingerprint density at radius 2 is 1.09 bits per heavy atom. The van der Waals surface area contributed by atoms with Crippen LogP contribution in [0.25, 0.3) is 0 Å². The van der Waals surface area contributed by atoms with Gasteiger partial charge in [0.1, 0.15) is 0 Å². The molecule has 1 nitrogen and oxygen atoms in total. The molecule has 9 rings (SSSR count). The maximum absolute atomic E-state index is 2.50. The van der Waals surface area contributed by atoms with Crippen LogP contribution >= 0.6 is 0 Å². The van der Waals surface area contributed by atoms with Gasteiger partial charge in [0.2, 0.25) is 6.71 Å². The summed E-state index contributed by atoms with van der Waals surface area (Å²) in [6, 6.07) is 48.9. The van der Waals surface area contributed by atoms with Crippen LogP contribution in [0.5, 0.6) is 0 Å². The van der Waals surface area contributed by atoms with Gasteiger partial charge in [0, 0.05) is 11.1 Å². The van der Waals surface area contributed by atoms with Crippen molar-refractivity contribution in [2.24, 2.45) is 0 Å². The highest BCUT2D eigenvalue weighted by atomic mass is 15.2. The highest BCUT2D eigenvalue weighted by molar-refractivity contribution is 6.98. The molecule has 3 heterocycles. The number of hydrogen-bond acceptors (Lipinski definition) is 1. The molecule has 0 bridgehead atoms. The molecule has 228 valence electrons. The Bertz CT molecular complexity index is 2190. The molecule has 47 heavy (non-hydrogen) atoms. The monoisotopic (exact) mass is 605 g/mol. The molecule has 1 spiro atoms. The molecular weight excluding hydrogens is 565 g/mol. The maximum Gasteiger partial charge on any atom is 0.243 e. The molecule has 0 radical (unpaired) electrons. The first-order chi connectivity index (χ1) is 22.7. The minimum atomic E-state index is -0.479. The molecule has 0 saturated heterocycles. The lowest BCUT2D eigenvalue weighted by molar-refractivity contribution is 0.638. The van der Waals surface area contributed by atoms with Gasteiger partial charge in [-0.05, 0) is 83.0 Å². The summed E-state index contributed by atoms with van der Waals surface area (Å²) in [5, 5.41) is 0. The van der Waals surface area contributed by atoms with E-state index in [0.29, 0.717) is 5.92 Å². The predicted octanol–water partition coefficient (Wildman–Crippen LogP) is 9.06. The Balaban J connectivity index is 1.49. The van der Waals surface area contributed by atoms with Crippen LogP contribution in [-0.4, -0.2) is 6.71 Å². The predicted molar refractivity (Wildman–Crippen MR) is 200 cm³/mol. The molecule has 6 aromatic carbocycles. The van der Waals surface area contributed by atoms with Crippen molar-refractivity contribution in [2.75, 3.05) is 4.90 Å². The quantitative estimate of drug-likeness (QED) is 0.178. The zero-order valence-corrected chi connectivity index (χ0v) is 28.2. The van der Waals surface area contributed by atoms with Crippen LogP contribution in [0, 0.1) is 13.8 Å². The third kappa shape index (κ3) is 3.62. The Morgan fingerprint density at radius 3 is 1.74 bits per heavy atom. The molecule has 0 aromatic heterocycles. The molecular formula is C45H40BN. The van der Waals surface area contributed by atoms with Crippen molar-refractivity contribution in [3.8, 4) is 0 Å². The minimum Gasteiger partial charge on any atom is -0.310 e. The summed E-state index contributed by atoms with van der Waals surface area (Å²) < 4.78 is 0. The van der Waals surface area contributed by atoms with Crippen molar-refractivity contribution in [3.63, 3.8) is 0 Å². The van der Waals surface area contributed by atoms with Gasteiger partial charge < -0.3 is 4.90 Å². The number of anilines is 3. The number of fused-ring (bicyclic) bond motifs is 10. The number of hydrogen-bond donors (Lipinski definition) is 0.